The first-order valence-electron chi connectivity index (χ1n) is 12.9. The van der Waals surface area contributed by atoms with Crippen molar-refractivity contribution in [1.82, 2.24) is 24.1 Å². The van der Waals surface area contributed by atoms with Gasteiger partial charge < -0.3 is 15.0 Å². The zero-order valence-corrected chi connectivity index (χ0v) is 22.7. The van der Waals surface area contributed by atoms with Crippen LogP contribution in [0, 0.1) is 5.92 Å². The van der Waals surface area contributed by atoms with E-state index in [4.69, 9.17) is 4.74 Å². The Bertz CT molecular complexity index is 1230. The summed E-state index contributed by atoms with van der Waals surface area (Å²) in [4.78, 5) is 30.0. The van der Waals surface area contributed by atoms with Crippen LogP contribution in [0.15, 0.2) is 59.4 Å². The van der Waals surface area contributed by atoms with Crippen molar-refractivity contribution in [3.8, 4) is 22.7 Å². The molecule has 0 spiro atoms. The first-order valence-corrected chi connectivity index (χ1v) is 13.9. The average molecular weight is 524 g/mol. The number of methoxy groups -OCH3 is 1. The van der Waals surface area contributed by atoms with E-state index in [0.29, 0.717) is 48.4 Å². The molecule has 4 rings (SSSR count). The second-order valence-corrected chi connectivity index (χ2v) is 10.4. The van der Waals surface area contributed by atoms with E-state index in [1.54, 1.807) is 28.2 Å². The maximum Gasteiger partial charge on any atom is 0.334 e. The lowest BCUT2D eigenvalue weighted by Gasteiger charge is -2.28. The zero-order chi connectivity index (χ0) is 26.2. The number of nitrogens with zero attached hydrogens (tertiary/aromatic N) is 3. The number of amides is 1. The molecule has 1 saturated heterocycles. The zero-order valence-electron chi connectivity index (χ0n) is 21.9. The standard InChI is InChI=1S/C28H37N5O3S/c1-21(2)20-37-30-14-9-17-32-26(27(34)31-18-15-29-16-19-31)25(22-10-5-4-6-11-22)33(28(32)35)23-12-7-8-13-24(23)36-3/h4-8,10-13,21,29-30H,9,14-20H2,1-3H3. The highest BCUT2D eigenvalue weighted by atomic mass is 32.2. The van der Waals surface area contributed by atoms with E-state index in [0.717, 1.165) is 37.4 Å². The minimum absolute atomic E-state index is 0.117. The highest BCUT2D eigenvalue weighted by Gasteiger charge is 2.31. The third-order valence-electron chi connectivity index (χ3n) is 6.30. The number of piperazine rings is 1. The van der Waals surface area contributed by atoms with Crippen LogP contribution in [0.3, 0.4) is 0 Å². The van der Waals surface area contributed by atoms with Crippen LogP contribution < -0.4 is 20.5 Å². The Morgan fingerprint density at radius 2 is 1.78 bits per heavy atom. The lowest BCUT2D eigenvalue weighted by Crippen LogP contribution is -2.47. The van der Waals surface area contributed by atoms with Gasteiger partial charge in [-0.1, -0.05) is 68.3 Å². The van der Waals surface area contributed by atoms with E-state index in [9.17, 15) is 9.59 Å². The Kier molecular flexibility index (Phi) is 9.49. The first-order chi connectivity index (χ1) is 18.0. The van der Waals surface area contributed by atoms with Crippen molar-refractivity contribution in [2.75, 3.05) is 45.6 Å². The number of ether oxygens (including phenoxy) is 1. The normalized spacial score (nSPS) is 13.8. The molecule has 1 aromatic heterocycles. The quantitative estimate of drug-likeness (QED) is 0.295. The van der Waals surface area contributed by atoms with Gasteiger partial charge >= 0.3 is 5.69 Å². The van der Waals surface area contributed by atoms with Gasteiger partial charge in [0.1, 0.15) is 11.4 Å². The molecule has 1 amide bonds. The van der Waals surface area contributed by atoms with Crippen LogP contribution in [0.4, 0.5) is 0 Å². The summed E-state index contributed by atoms with van der Waals surface area (Å²) in [5.41, 5.74) is 2.22. The SMILES string of the molecule is COc1ccccc1-n1c(-c2ccccc2)c(C(=O)N2CCNCC2)n(CCCNSCC(C)C)c1=O. The summed E-state index contributed by atoms with van der Waals surface area (Å²) in [6.07, 6.45) is 0.719. The molecule has 9 heteroatoms. The predicted molar refractivity (Wildman–Crippen MR) is 151 cm³/mol. The van der Waals surface area contributed by atoms with Crippen LogP contribution >= 0.6 is 11.9 Å². The van der Waals surface area contributed by atoms with Crippen molar-refractivity contribution in [2.24, 2.45) is 5.92 Å². The van der Waals surface area contributed by atoms with E-state index in [1.807, 2.05) is 59.5 Å². The van der Waals surface area contributed by atoms with Gasteiger partial charge in [-0.25, -0.2) is 4.79 Å². The molecule has 0 aliphatic carbocycles. The third kappa shape index (κ3) is 6.29. The molecule has 37 heavy (non-hydrogen) atoms. The molecule has 0 saturated carbocycles. The van der Waals surface area contributed by atoms with E-state index in [-0.39, 0.29) is 11.6 Å². The molecule has 0 bridgehead atoms. The number of para-hydroxylation sites is 2. The van der Waals surface area contributed by atoms with Gasteiger partial charge in [-0.3, -0.25) is 18.7 Å². The Morgan fingerprint density at radius 3 is 2.49 bits per heavy atom. The number of imidazole rings is 1. The van der Waals surface area contributed by atoms with Crippen LogP contribution in [-0.2, 0) is 6.54 Å². The number of hydrogen-bond donors (Lipinski definition) is 2. The minimum atomic E-state index is -0.239. The fraction of sp³-hybridized carbons (Fsp3) is 0.429. The van der Waals surface area contributed by atoms with Crippen LogP contribution in [-0.4, -0.2) is 65.5 Å². The topological polar surface area (TPSA) is 80.5 Å². The van der Waals surface area contributed by atoms with Crippen molar-refractivity contribution in [1.29, 1.82) is 0 Å². The molecule has 2 heterocycles. The Labute approximate surface area is 223 Å². The fourth-order valence-electron chi connectivity index (χ4n) is 4.49. The molecule has 2 aromatic carbocycles. The van der Waals surface area contributed by atoms with Gasteiger partial charge in [-0.05, 0) is 24.5 Å². The molecule has 3 aromatic rings. The van der Waals surface area contributed by atoms with Gasteiger partial charge in [0.05, 0.1) is 18.5 Å². The summed E-state index contributed by atoms with van der Waals surface area (Å²) in [6.45, 7) is 8.24. The lowest BCUT2D eigenvalue weighted by atomic mass is 10.1. The highest BCUT2D eigenvalue weighted by molar-refractivity contribution is 7.97. The average Bonchev–Trinajstić information content (AvgIpc) is 3.22. The maximum absolute atomic E-state index is 14.1. The largest absolute Gasteiger partial charge is 0.495 e. The fourth-order valence-corrected chi connectivity index (χ4v) is 5.23. The summed E-state index contributed by atoms with van der Waals surface area (Å²) >= 11 is 1.70. The van der Waals surface area contributed by atoms with Crippen molar-refractivity contribution in [2.45, 2.75) is 26.8 Å². The van der Waals surface area contributed by atoms with Crippen molar-refractivity contribution in [3.05, 3.63) is 70.8 Å². The Balaban J connectivity index is 1.83. The van der Waals surface area contributed by atoms with Crippen LogP contribution in [0.1, 0.15) is 30.8 Å². The number of benzene rings is 2. The summed E-state index contributed by atoms with van der Waals surface area (Å²) < 4.78 is 12.3. The molecular formula is C28H37N5O3S. The summed E-state index contributed by atoms with van der Waals surface area (Å²) in [7, 11) is 1.59. The van der Waals surface area contributed by atoms with Crippen molar-refractivity contribution < 1.29 is 9.53 Å². The van der Waals surface area contributed by atoms with Crippen molar-refractivity contribution >= 4 is 17.9 Å². The highest BCUT2D eigenvalue weighted by Crippen LogP contribution is 2.31. The number of nitrogens with one attached hydrogen (secondary N) is 2. The van der Waals surface area contributed by atoms with E-state index in [1.165, 1.54) is 0 Å². The van der Waals surface area contributed by atoms with Crippen LogP contribution in [0.25, 0.3) is 16.9 Å². The molecule has 1 fully saturated rings. The van der Waals surface area contributed by atoms with Crippen molar-refractivity contribution in [3.63, 3.8) is 0 Å². The molecule has 0 radical (unpaired) electrons. The summed E-state index contributed by atoms with van der Waals surface area (Å²) in [5.74, 6) is 2.08. The van der Waals surface area contributed by atoms with Crippen LogP contribution in [0.5, 0.6) is 5.75 Å². The smallest absolute Gasteiger partial charge is 0.334 e. The van der Waals surface area contributed by atoms with Gasteiger partial charge in [0.15, 0.2) is 0 Å². The molecule has 1 aliphatic rings. The summed E-state index contributed by atoms with van der Waals surface area (Å²) in [6, 6.07) is 17.1. The van der Waals surface area contributed by atoms with Gasteiger partial charge in [0.25, 0.3) is 5.91 Å². The molecule has 0 atom stereocenters. The van der Waals surface area contributed by atoms with E-state index in [2.05, 4.69) is 23.9 Å². The third-order valence-corrected chi connectivity index (χ3v) is 7.54. The maximum atomic E-state index is 14.1. The van der Waals surface area contributed by atoms with Crippen LogP contribution in [0.2, 0.25) is 0 Å². The number of rotatable bonds is 11. The Hall–Kier alpha value is -3.01. The number of hydrogen-bond acceptors (Lipinski definition) is 6. The molecular weight excluding hydrogens is 486 g/mol. The monoisotopic (exact) mass is 523 g/mol. The number of carbonyl (C=O) groups is 1. The van der Waals surface area contributed by atoms with Gasteiger partial charge in [0.2, 0.25) is 0 Å². The molecule has 0 unspecified atom stereocenters. The lowest BCUT2D eigenvalue weighted by molar-refractivity contribution is 0.0725. The van der Waals surface area contributed by atoms with Gasteiger partial charge in [0, 0.05) is 50.6 Å². The number of aromatic nitrogens is 2. The molecule has 198 valence electrons. The molecule has 8 nitrogen and oxygen atoms in total. The first kappa shape index (κ1) is 27.0. The number of carbonyl (C=O) groups excluding carboxylic acids is 1. The second kappa shape index (κ2) is 13.0. The Morgan fingerprint density at radius 1 is 1.08 bits per heavy atom. The summed E-state index contributed by atoms with van der Waals surface area (Å²) in [5, 5.41) is 3.31. The van der Waals surface area contributed by atoms with Gasteiger partial charge in [-0.2, -0.15) is 0 Å². The molecule has 1 aliphatic heterocycles. The van der Waals surface area contributed by atoms with E-state index < -0.39 is 0 Å². The second-order valence-electron chi connectivity index (χ2n) is 9.50. The van der Waals surface area contributed by atoms with E-state index >= 15 is 0 Å². The van der Waals surface area contributed by atoms with Gasteiger partial charge in [-0.15, -0.1) is 0 Å². The predicted octanol–water partition coefficient (Wildman–Crippen LogP) is 3.64. The minimum Gasteiger partial charge on any atom is -0.495 e. The molecule has 2 N–H and O–H groups in total.